The summed E-state index contributed by atoms with van der Waals surface area (Å²) in [6.07, 6.45) is 0. The molecule has 0 bridgehead atoms. The largest absolute Gasteiger partial charge is 0.263 e. The van der Waals surface area contributed by atoms with Crippen LogP contribution in [0.4, 0.5) is 52.7 Å². The van der Waals surface area contributed by atoms with E-state index in [2.05, 4.69) is 11.7 Å². The van der Waals surface area contributed by atoms with Gasteiger partial charge in [-0.15, -0.1) is 0 Å². The van der Waals surface area contributed by atoms with Gasteiger partial charge in [0, 0.05) is 16.7 Å². The maximum atomic E-state index is 15.1. The zero-order chi connectivity index (χ0) is 36.1. The predicted molar refractivity (Wildman–Crippen MR) is 135 cm³/mol. The molecular formula is C30H2F12N6. The topological polar surface area (TPSA) is 131 Å². The second-order valence-electron chi connectivity index (χ2n) is 8.96. The van der Waals surface area contributed by atoms with Crippen LogP contribution in [0.15, 0.2) is 21.7 Å². The third-order valence-electron chi connectivity index (χ3n) is 6.67. The fourth-order valence-corrected chi connectivity index (χ4v) is 4.52. The van der Waals surface area contributed by atoms with Crippen LogP contribution in [-0.4, -0.2) is 6.72 Å². The number of rotatable bonds is 4. The average molecular weight is 674 g/mol. The molecule has 236 valence electrons. The van der Waals surface area contributed by atoms with Crippen LogP contribution in [0.25, 0.3) is 16.8 Å². The highest BCUT2D eigenvalue weighted by Gasteiger charge is 2.46. The Morgan fingerprint density at radius 1 is 0.396 bits per heavy atom. The number of allylic oxidation sites excluding steroid dienone is 5. The molecule has 0 spiro atoms. The molecule has 4 rings (SSSR count). The van der Waals surface area contributed by atoms with E-state index in [9.17, 15) is 36.9 Å². The molecule has 1 saturated carbocycles. The normalized spacial score (nSPS) is 13.9. The molecule has 0 amide bonds. The number of halogens is 12. The minimum Gasteiger partial charge on any atom is -0.263 e. The Morgan fingerprint density at radius 3 is 0.854 bits per heavy atom. The summed E-state index contributed by atoms with van der Waals surface area (Å²) in [4.78, 5) is 3.10. The van der Waals surface area contributed by atoms with E-state index in [1.807, 2.05) is 0 Å². The first-order chi connectivity index (χ1) is 22.6. The quantitative estimate of drug-likeness (QED) is 0.124. The maximum Gasteiger partial charge on any atom is 0.180 e. The molecule has 0 unspecified atom stereocenters. The molecule has 1 aliphatic rings. The first-order valence-corrected chi connectivity index (χ1v) is 11.9. The molecule has 0 radical (unpaired) electrons. The van der Waals surface area contributed by atoms with Crippen LogP contribution in [0.5, 0.6) is 0 Å². The van der Waals surface area contributed by atoms with Crippen molar-refractivity contribution in [2.45, 2.75) is 0 Å². The molecule has 0 N–H and O–H groups in total. The predicted octanol–water partition coefficient (Wildman–Crippen LogP) is 7.35. The van der Waals surface area contributed by atoms with Crippen LogP contribution >= 0.6 is 0 Å². The van der Waals surface area contributed by atoms with Crippen LogP contribution < -0.4 is 0 Å². The van der Waals surface area contributed by atoms with Gasteiger partial charge in [0.25, 0.3) is 0 Å². The number of nitrogens with zero attached hydrogens (tertiary/aromatic N) is 6. The fraction of sp³-hybridized carbons (Fsp3) is 0. The van der Waals surface area contributed by atoms with Gasteiger partial charge in [0.2, 0.25) is 0 Å². The van der Waals surface area contributed by atoms with Crippen molar-refractivity contribution in [3.8, 4) is 30.3 Å². The Bertz CT molecular complexity index is 2180. The number of aliphatic imine (C=N–C) groups is 1. The van der Waals surface area contributed by atoms with Gasteiger partial charge in [-0.05, 0) is 6.72 Å². The number of hydrogen-bond donors (Lipinski definition) is 0. The SMILES string of the molecule is C=NC(=C1C(=C(C#N)c2c(F)c(F)c(C#N)c(F)c2F)C1=C(C#N)c1c(F)c(F)c(C#N)c(F)c1F)c1c(F)c(F)c(C#N)c(F)c1F. The van der Waals surface area contributed by atoms with Crippen molar-refractivity contribution in [2.24, 2.45) is 4.99 Å². The molecule has 0 heterocycles. The van der Waals surface area contributed by atoms with Crippen LogP contribution in [0, 0.1) is 126 Å². The van der Waals surface area contributed by atoms with E-state index in [0.29, 0.717) is 0 Å². The fourth-order valence-electron chi connectivity index (χ4n) is 4.52. The molecule has 3 aromatic carbocycles. The van der Waals surface area contributed by atoms with Gasteiger partial charge in [0.1, 0.15) is 47.0 Å². The monoisotopic (exact) mass is 674 g/mol. The third kappa shape index (κ3) is 4.61. The van der Waals surface area contributed by atoms with Gasteiger partial charge in [-0.2, -0.15) is 26.3 Å². The van der Waals surface area contributed by atoms with Crippen molar-refractivity contribution in [1.29, 1.82) is 26.3 Å². The second kappa shape index (κ2) is 12.2. The molecule has 0 aliphatic heterocycles. The second-order valence-corrected chi connectivity index (χ2v) is 8.96. The Morgan fingerprint density at radius 2 is 0.646 bits per heavy atom. The Balaban J connectivity index is 2.38. The smallest absolute Gasteiger partial charge is 0.180 e. The van der Waals surface area contributed by atoms with E-state index in [1.54, 1.807) is 0 Å². The standard InChI is InChI=1S/C30H2F12N6/c1-48-30(17-28(41)22(35)11(6-47)23(36)29(17)42)16-12(7(2-43)14-24(37)18(31)9(4-45)19(32)25(14)38)13(16)8(3-44)15-26(39)20(33)10(5-46)21(34)27(15)40/h1H2. The summed E-state index contributed by atoms with van der Waals surface area (Å²) in [6.45, 7) is 2.87. The van der Waals surface area contributed by atoms with Crippen LogP contribution in [0.1, 0.15) is 33.4 Å². The summed E-state index contributed by atoms with van der Waals surface area (Å²) in [5.41, 5.74) is -20.5. The number of benzene rings is 3. The number of nitriles is 5. The highest BCUT2D eigenvalue weighted by Crippen LogP contribution is 2.57. The molecule has 48 heavy (non-hydrogen) atoms. The molecule has 3 aromatic rings. The van der Waals surface area contributed by atoms with Crippen molar-refractivity contribution in [2.75, 3.05) is 0 Å². The lowest BCUT2D eigenvalue weighted by Crippen LogP contribution is -2.06. The van der Waals surface area contributed by atoms with E-state index < -0.39 is 137 Å². The maximum absolute atomic E-state index is 15.1. The number of hydrogen-bond acceptors (Lipinski definition) is 6. The van der Waals surface area contributed by atoms with Gasteiger partial charge >= 0.3 is 0 Å². The van der Waals surface area contributed by atoms with Crippen LogP contribution in [-0.2, 0) is 0 Å². The minimum absolute atomic E-state index is 0.786. The molecule has 0 atom stereocenters. The van der Waals surface area contributed by atoms with Crippen molar-refractivity contribution in [3.63, 3.8) is 0 Å². The van der Waals surface area contributed by atoms with Crippen LogP contribution in [0.3, 0.4) is 0 Å². The lowest BCUT2D eigenvalue weighted by Gasteiger charge is -2.09. The molecule has 0 saturated heterocycles. The van der Waals surface area contributed by atoms with Crippen LogP contribution in [0.2, 0.25) is 0 Å². The summed E-state index contributed by atoms with van der Waals surface area (Å²) in [5, 5.41) is 46.2. The van der Waals surface area contributed by atoms with E-state index in [4.69, 9.17) is 15.8 Å². The van der Waals surface area contributed by atoms with Gasteiger partial charge in [0.05, 0.1) is 33.5 Å². The molecule has 1 aliphatic carbocycles. The minimum atomic E-state index is -2.49. The molecule has 6 nitrogen and oxygen atoms in total. The van der Waals surface area contributed by atoms with E-state index in [1.165, 1.54) is 0 Å². The van der Waals surface area contributed by atoms with Crippen molar-refractivity contribution in [3.05, 3.63) is 120 Å². The lowest BCUT2D eigenvalue weighted by atomic mass is 9.99. The van der Waals surface area contributed by atoms with E-state index in [0.717, 1.165) is 30.3 Å². The first kappa shape index (κ1) is 34.0. The van der Waals surface area contributed by atoms with Gasteiger partial charge < -0.3 is 0 Å². The molecule has 0 aromatic heterocycles. The average Bonchev–Trinajstić information content (AvgIpc) is 3.78. The summed E-state index contributed by atoms with van der Waals surface area (Å²) in [5.74, 6) is -29.3. The summed E-state index contributed by atoms with van der Waals surface area (Å²) in [7, 11) is 0. The molecule has 1 fully saturated rings. The summed E-state index contributed by atoms with van der Waals surface area (Å²) >= 11 is 0. The Kier molecular flexibility index (Phi) is 8.63. The van der Waals surface area contributed by atoms with Crippen molar-refractivity contribution >= 4 is 23.6 Å². The first-order valence-electron chi connectivity index (χ1n) is 11.9. The Labute approximate surface area is 258 Å². The highest BCUT2D eigenvalue weighted by molar-refractivity contribution is 6.10. The highest BCUT2D eigenvalue weighted by atomic mass is 19.2. The summed E-state index contributed by atoms with van der Waals surface area (Å²) in [6, 6.07) is 4.38. The van der Waals surface area contributed by atoms with E-state index >= 15 is 26.3 Å². The molecule has 18 heteroatoms. The van der Waals surface area contributed by atoms with Gasteiger partial charge in [-0.3, -0.25) is 4.99 Å². The van der Waals surface area contributed by atoms with E-state index in [-0.39, 0.29) is 0 Å². The van der Waals surface area contributed by atoms with Gasteiger partial charge in [-0.1, -0.05) is 0 Å². The lowest BCUT2D eigenvalue weighted by molar-refractivity contribution is 0.446. The van der Waals surface area contributed by atoms with Gasteiger partial charge in [0.15, 0.2) is 69.8 Å². The zero-order valence-corrected chi connectivity index (χ0v) is 22.4. The van der Waals surface area contributed by atoms with Crippen molar-refractivity contribution < 1.29 is 52.7 Å². The zero-order valence-electron chi connectivity index (χ0n) is 22.4. The third-order valence-corrected chi connectivity index (χ3v) is 6.67. The Hall–Kier alpha value is -6.84. The van der Waals surface area contributed by atoms with Crippen molar-refractivity contribution in [1.82, 2.24) is 0 Å². The summed E-state index contributed by atoms with van der Waals surface area (Å²) < 4.78 is 178. The van der Waals surface area contributed by atoms with Gasteiger partial charge in [-0.25, -0.2) is 52.7 Å². The molecular weight excluding hydrogens is 672 g/mol.